The molecule has 1 heteroatoms. The third-order valence-corrected chi connectivity index (χ3v) is 1.84. The molecule has 0 aliphatic heterocycles. The second kappa shape index (κ2) is 3.33. The summed E-state index contributed by atoms with van der Waals surface area (Å²) in [6.45, 7) is 7.86. The average molecular weight is 148 g/mol. The Kier molecular flexibility index (Phi) is 2.42. The molecule has 58 valence electrons. The lowest BCUT2D eigenvalue weighted by Crippen LogP contribution is -2.63. The standard InChI is InChI=1S/C10H13N/c1-8-5-4-6-10(11-3)9(2)7-8/h4-5,7H,3,6H2,1-2H3/p+1. The van der Waals surface area contributed by atoms with Gasteiger partial charge in [-0.25, -0.2) is 4.99 Å². The molecule has 0 fully saturated rings. The zero-order valence-corrected chi connectivity index (χ0v) is 7.15. The van der Waals surface area contributed by atoms with Crippen molar-refractivity contribution < 1.29 is 4.99 Å². The van der Waals surface area contributed by atoms with Crippen LogP contribution in [0, 0.1) is 0 Å². The fraction of sp³-hybridized carbons (Fsp3) is 0.300. The number of nitrogens with one attached hydrogen (secondary N) is 1. The largest absolute Gasteiger partial charge is 0.221 e. The second-order valence-corrected chi connectivity index (χ2v) is 2.83. The van der Waals surface area contributed by atoms with Crippen LogP contribution in [0.3, 0.4) is 0 Å². The predicted octanol–water partition coefficient (Wildman–Crippen LogP) is 0.948. The molecular weight excluding hydrogens is 134 g/mol. The first-order valence-electron chi connectivity index (χ1n) is 3.81. The molecule has 0 atom stereocenters. The van der Waals surface area contributed by atoms with Gasteiger partial charge in [-0.05, 0) is 13.8 Å². The van der Waals surface area contributed by atoms with E-state index in [1.165, 1.54) is 16.8 Å². The van der Waals surface area contributed by atoms with Gasteiger partial charge < -0.3 is 0 Å². The molecule has 1 rings (SSSR count). The van der Waals surface area contributed by atoms with E-state index in [1.54, 1.807) is 0 Å². The Morgan fingerprint density at radius 2 is 2.18 bits per heavy atom. The summed E-state index contributed by atoms with van der Waals surface area (Å²) in [5.74, 6) is 0. The van der Waals surface area contributed by atoms with Crippen molar-refractivity contribution in [1.29, 1.82) is 0 Å². The topological polar surface area (TPSA) is 14.0 Å². The van der Waals surface area contributed by atoms with Gasteiger partial charge in [0.2, 0.25) is 0 Å². The Bertz CT molecular complexity index is 254. The van der Waals surface area contributed by atoms with Crippen molar-refractivity contribution in [3.63, 3.8) is 0 Å². The molecule has 0 aromatic heterocycles. The summed E-state index contributed by atoms with van der Waals surface area (Å²) in [4.78, 5) is 2.95. The third-order valence-electron chi connectivity index (χ3n) is 1.84. The van der Waals surface area contributed by atoms with E-state index in [1.807, 2.05) is 0 Å². The smallest absolute Gasteiger partial charge is 0.185 e. The Hall–Kier alpha value is -1.11. The van der Waals surface area contributed by atoms with Crippen molar-refractivity contribution in [2.24, 2.45) is 0 Å². The van der Waals surface area contributed by atoms with Crippen LogP contribution >= 0.6 is 0 Å². The molecule has 1 aliphatic rings. The molecule has 0 aromatic carbocycles. The number of hydrogen-bond donors (Lipinski definition) is 1. The summed E-state index contributed by atoms with van der Waals surface area (Å²) in [5, 5.41) is 0. The van der Waals surface area contributed by atoms with Gasteiger partial charge >= 0.3 is 0 Å². The van der Waals surface area contributed by atoms with Crippen molar-refractivity contribution >= 4 is 6.72 Å². The Morgan fingerprint density at radius 1 is 1.45 bits per heavy atom. The quantitative estimate of drug-likeness (QED) is 0.532. The molecule has 0 unspecified atom stereocenters. The van der Waals surface area contributed by atoms with Crippen LogP contribution in [-0.4, -0.2) is 6.72 Å². The fourth-order valence-electron chi connectivity index (χ4n) is 1.21. The molecule has 0 saturated heterocycles. The molecule has 11 heavy (non-hydrogen) atoms. The van der Waals surface area contributed by atoms with Crippen molar-refractivity contribution in [2.75, 3.05) is 0 Å². The Labute approximate surface area is 67.8 Å². The summed E-state index contributed by atoms with van der Waals surface area (Å²) in [7, 11) is 0. The van der Waals surface area contributed by atoms with Crippen LogP contribution in [0.1, 0.15) is 20.3 Å². The molecule has 0 aromatic rings. The molecule has 1 nitrogen and oxygen atoms in total. The van der Waals surface area contributed by atoms with Crippen LogP contribution in [0.15, 0.2) is 35.1 Å². The molecule has 0 amide bonds. The maximum absolute atomic E-state index is 3.66. The first-order valence-corrected chi connectivity index (χ1v) is 3.81. The van der Waals surface area contributed by atoms with Crippen LogP contribution in [0.4, 0.5) is 0 Å². The third kappa shape index (κ3) is 1.90. The van der Waals surface area contributed by atoms with Gasteiger partial charge in [0.25, 0.3) is 0 Å². The minimum Gasteiger partial charge on any atom is -0.221 e. The van der Waals surface area contributed by atoms with Crippen LogP contribution < -0.4 is 4.99 Å². The molecule has 0 spiro atoms. The lowest BCUT2D eigenvalue weighted by atomic mass is 10.2. The van der Waals surface area contributed by atoms with E-state index in [9.17, 15) is 0 Å². The van der Waals surface area contributed by atoms with E-state index in [0.717, 1.165) is 6.42 Å². The van der Waals surface area contributed by atoms with Crippen molar-refractivity contribution in [3.05, 3.63) is 35.1 Å². The Balaban J connectivity index is 3.02. The van der Waals surface area contributed by atoms with Gasteiger partial charge in [-0.1, -0.05) is 23.8 Å². The van der Waals surface area contributed by atoms with Gasteiger partial charge in [0.1, 0.15) is 6.72 Å². The van der Waals surface area contributed by atoms with E-state index in [2.05, 4.69) is 43.8 Å². The van der Waals surface area contributed by atoms with Crippen LogP contribution in [-0.2, 0) is 0 Å². The number of hydrogen-bond acceptors (Lipinski definition) is 0. The summed E-state index contributed by atoms with van der Waals surface area (Å²) >= 11 is 0. The molecule has 0 radical (unpaired) electrons. The molecule has 0 heterocycles. The van der Waals surface area contributed by atoms with Gasteiger partial charge in [0, 0.05) is 5.57 Å². The molecule has 0 saturated carbocycles. The van der Waals surface area contributed by atoms with Gasteiger partial charge in [0.15, 0.2) is 5.70 Å². The van der Waals surface area contributed by atoms with Crippen LogP contribution in [0.25, 0.3) is 0 Å². The maximum atomic E-state index is 3.66. The zero-order chi connectivity index (χ0) is 8.27. The first kappa shape index (κ1) is 7.99. The van der Waals surface area contributed by atoms with E-state index in [4.69, 9.17) is 0 Å². The van der Waals surface area contributed by atoms with Crippen LogP contribution in [0.5, 0.6) is 0 Å². The minimum absolute atomic E-state index is 0.961. The van der Waals surface area contributed by atoms with E-state index >= 15 is 0 Å². The molecular formula is C10H14N+. The molecule has 1 aliphatic carbocycles. The van der Waals surface area contributed by atoms with Crippen molar-refractivity contribution in [1.82, 2.24) is 0 Å². The molecule has 0 bridgehead atoms. The van der Waals surface area contributed by atoms with E-state index < -0.39 is 0 Å². The van der Waals surface area contributed by atoms with E-state index in [0.29, 0.717) is 0 Å². The highest BCUT2D eigenvalue weighted by Crippen LogP contribution is 2.11. The highest BCUT2D eigenvalue weighted by molar-refractivity contribution is 5.33. The molecule has 1 N–H and O–H groups in total. The highest BCUT2D eigenvalue weighted by Gasteiger charge is 2.04. The zero-order valence-electron chi connectivity index (χ0n) is 7.15. The second-order valence-electron chi connectivity index (χ2n) is 2.83. The summed E-state index contributed by atoms with van der Waals surface area (Å²) in [5.41, 5.74) is 3.79. The fourth-order valence-corrected chi connectivity index (χ4v) is 1.21. The maximum Gasteiger partial charge on any atom is 0.185 e. The van der Waals surface area contributed by atoms with Crippen molar-refractivity contribution in [3.8, 4) is 0 Å². The number of allylic oxidation sites excluding steroid dienone is 5. The first-order chi connectivity index (χ1) is 5.24. The average Bonchev–Trinajstić information content (AvgIpc) is 2.11. The summed E-state index contributed by atoms with van der Waals surface area (Å²) < 4.78 is 0. The predicted molar refractivity (Wildman–Crippen MR) is 48.3 cm³/mol. The minimum atomic E-state index is 0.961. The SMILES string of the molecule is C=[NH+]C1=C(C)C=C(C)C=CC1. The normalized spacial score (nSPS) is 17.8. The van der Waals surface area contributed by atoms with Gasteiger partial charge in [0.05, 0.1) is 6.42 Å². The lowest BCUT2D eigenvalue weighted by Gasteiger charge is -1.91. The van der Waals surface area contributed by atoms with Gasteiger partial charge in [-0.15, -0.1) is 0 Å². The summed E-state index contributed by atoms with van der Waals surface area (Å²) in [6, 6.07) is 0. The lowest BCUT2D eigenvalue weighted by molar-refractivity contribution is -0.389. The Morgan fingerprint density at radius 3 is 2.82 bits per heavy atom. The highest BCUT2D eigenvalue weighted by atomic mass is 14.7. The summed E-state index contributed by atoms with van der Waals surface area (Å²) in [6.07, 6.45) is 7.41. The monoisotopic (exact) mass is 148 g/mol. The number of rotatable bonds is 1. The van der Waals surface area contributed by atoms with Crippen molar-refractivity contribution in [2.45, 2.75) is 20.3 Å². The van der Waals surface area contributed by atoms with Gasteiger partial charge in [-0.3, -0.25) is 0 Å². The van der Waals surface area contributed by atoms with Crippen LogP contribution in [0.2, 0.25) is 0 Å². The van der Waals surface area contributed by atoms with Gasteiger partial charge in [-0.2, -0.15) is 0 Å². The van der Waals surface area contributed by atoms with E-state index in [-0.39, 0.29) is 0 Å².